The summed E-state index contributed by atoms with van der Waals surface area (Å²) in [4.78, 5) is 8.94. The fourth-order valence-electron chi connectivity index (χ4n) is 3.51. The third kappa shape index (κ3) is 2.36. The molecule has 7 heteroatoms. The molecule has 5 rings (SSSR count). The van der Waals surface area contributed by atoms with E-state index < -0.39 is 11.6 Å². The first-order valence-corrected chi connectivity index (χ1v) is 9.45. The number of benzene rings is 2. The molecule has 26 heavy (non-hydrogen) atoms. The van der Waals surface area contributed by atoms with Crippen LogP contribution in [0.15, 0.2) is 35.8 Å². The Kier molecular flexibility index (Phi) is 3.58. The number of hydrogen-bond donors (Lipinski definition) is 0. The predicted octanol–water partition coefficient (Wildman–Crippen LogP) is 5.70. The van der Waals surface area contributed by atoms with Crippen molar-refractivity contribution in [1.29, 1.82) is 0 Å². The van der Waals surface area contributed by atoms with Gasteiger partial charge in [-0.2, -0.15) is 0 Å². The molecule has 0 aliphatic carbocycles. The zero-order valence-electron chi connectivity index (χ0n) is 13.5. The molecular weight excluding hydrogens is 376 g/mol. The van der Waals surface area contributed by atoms with Crippen molar-refractivity contribution < 1.29 is 8.78 Å². The summed E-state index contributed by atoms with van der Waals surface area (Å²) in [5.41, 5.74) is 5.04. The van der Waals surface area contributed by atoms with Crippen LogP contribution in [0.4, 0.5) is 8.78 Å². The van der Waals surface area contributed by atoms with Crippen LogP contribution in [-0.4, -0.2) is 14.5 Å². The van der Waals surface area contributed by atoms with Gasteiger partial charge >= 0.3 is 0 Å². The van der Waals surface area contributed by atoms with Gasteiger partial charge in [-0.25, -0.2) is 18.7 Å². The summed E-state index contributed by atoms with van der Waals surface area (Å²) in [5, 5.41) is -0.231. The lowest BCUT2D eigenvalue weighted by atomic mass is 10.0. The lowest BCUT2D eigenvalue weighted by molar-refractivity contribution is 0.603. The minimum Gasteiger partial charge on any atom is -0.327 e. The monoisotopic (exact) mass is 387 g/mol. The highest BCUT2D eigenvalue weighted by molar-refractivity contribution is 7.16. The van der Waals surface area contributed by atoms with E-state index in [1.165, 1.54) is 0 Å². The topological polar surface area (TPSA) is 30.7 Å². The van der Waals surface area contributed by atoms with Crippen molar-refractivity contribution in [2.75, 3.05) is 0 Å². The van der Waals surface area contributed by atoms with Gasteiger partial charge in [-0.1, -0.05) is 17.7 Å². The fraction of sp³-hybridized carbons (Fsp3) is 0.158. The molecule has 1 aliphatic rings. The van der Waals surface area contributed by atoms with Crippen LogP contribution >= 0.6 is 22.9 Å². The van der Waals surface area contributed by atoms with Crippen molar-refractivity contribution in [2.24, 2.45) is 0 Å². The van der Waals surface area contributed by atoms with Crippen LogP contribution in [0.2, 0.25) is 5.02 Å². The quantitative estimate of drug-likeness (QED) is 0.413. The summed E-state index contributed by atoms with van der Waals surface area (Å²) in [6.45, 7) is 0.816. The van der Waals surface area contributed by atoms with Crippen LogP contribution in [0.1, 0.15) is 12.2 Å². The Morgan fingerprint density at radius 3 is 2.88 bits per heavy atom. The predicted molar refractivity (Wildman–Crippen MR) is 99.5 cm³/mol. The molecule has 1 aliphatic heterocycles. The minimum atomic E-state index is -0.653. The molecule has 4 aromatic rings. The largest absolute Gasteiger partial charge is 0.327 e. The molecule has 0 unspecified atom stereocenters. The Hall–Kier alpha value is -2.31. The summed E-state index contributed by atoms with van der Waals surface area (Å²) < 4.78 is 31.7. The molecule has 0 N–H and O–H groups in total. The maximum Gasteiger partial charge on any atom is 0.142 e. The van der Waals surface area contributed by atoms with Crippen LogP contribution in [0.25, 0.3) is 32.7 Å². The first kappa shape index (κ1) is 15.9. The molecule has 0 atom stereocenters. The van der Waals surface area contributed by atoms with E-state index in [2.05, 4.69) is 14.5 Å². The molecule has 0 saturated heterocycles. The minimum absolute atomic E-state index is 0.133. The van der Waals surface area contributed by atoms with E-state index in [-0.39, 0.29) is 10.6 Å². The van der Waals surface area contributed by atoms with E-state index in [0.717, 1.165) is 58.8 Å². The van der Waals surface area contributed by atoms with Crippen LogP contribution in [0, 0.1) is 11.6 Å². The van der Waals surface area contributed by atoms with Gasteiger partial charge in [0.15, 0.2) is 0 Å². The molecule has 0 radical (unpaired) electrons. The highest BCUT2D eigenvalue weighted by atomic mass is 35.5. The van der Waals surface area contributed by atoms with Gasteiger partial charge in [0, 0.05) is 24.1 Å². The van der Waals surface area contributed by atoms with E-state index in [0.29, 0.717) is 5.69 Å². The SMILES string of the molecule is Fc1cc(-c2nc3n(c2-c2ccc4ncsc4c2)CCC3)c(F)cc1Cl. The molecule has 2 aromatic heterocycles. The zero-order valence-corrected chi connectivity index (χ0v) is 15.0. The first-order valence-electron chi connectivity index (χ1n) is 8.20. The molecule has 3 nitrogen and oxygen atoms in total. The van der Waals surface area contributed by atoms with E-state index in [1.807, 2.05) is 18.2 Å². The summed E-state index contributed by atoms with van der Waals surface area (Å²) in [6.07, 6.45) is 1.82. The summed E-state index contributed by atoms with van der Waals surface area (Å²) in [7, 11) is 0. The number of fused-ring (bicyclic) bond motifs is 2. The standard InChI is InChI=1S/C19H12ClF2N3S/c20-12-8-13(21)11(7-14(12)22)18-19(25-5-1-2-17(25)24-18)10-3-4-15-16(6-10)26-9-23-15/h3-4,6-9H,1-2,5H2. The maximum atomic E-state index is 14.6. The number of nitrogens with zero attached hydrogens (tertiary/aromatic N) is 3. The van der Waals surface area contributed by atoms with Crippen molar-refractivity contribution >= 4 is 33.2 Å². The molecular formula is C19H12ClF2N3S. The first-order chi connectivity index (χ1) is 12.6. The van der Waals surface area contributed by atoms with E-state index in [9.17, 15) is 8.78 Å². The average Bonchev–Trinajstić information content (AvgIpc) is 3.32. The van der Waals surface area contributed by atoms with Crippen molar-refractivity contribution in [1.82, 2.24) is 14.5 Å². The Morgan fingerprint density at radius 2 is 2.00 bits per heavy atom. The number of thiazole rings is 1. The molecule has 0 amide bonds. The van der Waals surface area contributed by atoms with Crippen molar-refractivity contribution in [2.45, 2.75) is 19.4 Å². The number of rotatable bonds is 2. The lowest BCUT2D eigenvalue weighted by Gasteiger charge is -2.10. The van der Waals surface area contributed by atoms with Crippen LogP contribution in [-0.2, 0) is 13.0 Å². The molecule has 0 fully saturated rings. The number of aromatic nitrogens is 3. The second-order valence-electron chi connectivity index (χ2n) is 6.26. The number of imidazole rings is 1. The summed E-state index contributed by atoms with van der Waals surface area (Å²) >= 11 is 7.26. The Labute approximate surface area is 156 Å². The van der Waals surface area contributed by atoms with Crippen molar-refractivity contribution in [3.63, 3.8) is 0 Å². The van der Waals surface area contributed by atoms with Gasteiger partial charge in [0.2, 0.25) is 0 Å². The molecule has 3 heterocycles. The van der Waals surface area contributed by atoms with E-state index >= 15 is 0 Å². The normalized spacial score (nSPS) is 13.5. The third-order valence-electron chi connectivity index (χ3n) is 4.70. The van der Waals surface area contributed by atoms with Gasteiger partial charge in [0.25, 0.3) is 0 Å². The van der Waals surface area contributed by atoms with E-state index in [4.69, 9.17) is 11.6 Å². The number of aryl methyl sites for hydroxylation is 1. The highest BCUT2D eigenvalue weighted by Crippen LogP contribution is 2.39. The number of hydrogen-bond acceptors (Lipinski definition) is 3. The molecule has 0 saturated carbocycles. The Bertz CT molecular complexity index is 1170. The van der Waals surface area contributed by atoms with E-state index in [1.54, 1.807) is 16.8 Å². The number of halogens is 3. The maximum absolute atomic E-state index is 14.6. The van der Waals surface area contributed by atoms with Gasteiger partial charge in [-0.15, -0.1) is 11.3 Å². The summed E-state index contributed by atoms with van der Waals surface area (Å²) in [6, 6.07) is 8.07. The smallest absolute Gasteiger partial charge is 0.142 e. The van der Waals surface area contributed by atoms with Crippen LogP contribution < -0.4 is 0 Å². The lowest BCUT2D eigenvalue weighted by Crippen LogP contribution is -1.97. The van der Waals surface area contributed by atoms with Gasteiger partial charge in [0.1, 0.15) is 17.5 Å². The molecule has 2 aromatic carbocycles. The molecule has 0 bridgehead atoms. The van der Waals surface area contributed by atoms with Gasteiger partial charge in [-0.3, -0.25) is 0 Å². The fourth-order valence-corrected chi connectivity index (χ4v) is 4.38. The molecule has 0 spiro atoms. The van der Waals surface area contributed by atoms with Crippen molar-refractivity contribution in [3.05, 3.63) is 58.3 Å². The zero-order chi connectivity index (χ0) is 17.8. The third-order valence-corrected chi connectivity index (χ3v) is 5.78. The highest BCUT2D eigenvalue weighted by Gasteiger charge is 2.25. The Morgan fingerprint density at radius 1 is 1.12 bits per heavy atom. The van der Waals surface area contributed by atoms with Gasteiger partial charge in [0.05, 0.1) is 32.1 Å². The van der Waals surface area contributed by atoms with Gasteiger partial charge < -0.3 is 4.57 Å². The Balaban J connectivity index is 1.78. The van der Waals surface area contributed by atoms with Gasteiger partial charge in [-0.05, 0) is 30.7 Å². The average molecular weight is 388 g/mol. The molecule has 130 valence electrons. The summed E-state index contributed by atoms with van der Waals surface area (Å²) in [5.74, 6) is -0.331. The van der Waals surface area contributed by atoms with Crippen molar-refractivity contribution in [3.8, 4) is 22.5 Å². The second-order valence-corrected chi connectivity index (χ2v) is 7.56. The second kappa shape index (κ2) is 5.86. The van der Waals surface area contributed by atoms with Crippen LogP contribution in [0.5, 0.6) is 0 Å². The van der Waals surface area contributed by atoms with Crippen LogP contribution in [0.3, 0.4) is 0 Å².